The molecule has 0 N–H and O–H groups in total. The number of hydrogen-bond donors (Lipinski definition) is 0. The van der Waals surface area contributed by atoms with E-state index in [0.29, 0.717) is 26.2 Å². The Kier molecular flexibility index (Phi) is 7.35. The highest BCUT2D eigenvalue weighted by molar-refractivity contribution is 7.67. The summed E-state index contributed by atoms with van der Waals surface area (Å²) in [6, 6.07) is 14.0. The molecule has 0 aliphatic heterocycles. The summed E-state index contributed by atoms with van der Waals surface area (Å²) in [6.45, 7) is 17.4. The summed E-state index contributed by atoms with van der Waals surface area (Å²) in [5.41, 5.74) is 0. The van der Waals surface area contributed by atoms with Gasteiger partial charge in [0.05, 0.1) is 0 Å². The molecule has 4 heteroatoms. The highest BCUT2D eigenvalue weighted by Crippen LogP contribution is 2.53. The van der Waals surface area contributed by atoms with E-state index >= 15 is 0 Å². The summed E-state index contributed by atoms with van der Waals surface area (Å²) in [4.78, 5) is 0. The van der Waals surface area contributed by atoms with E-state index < -0.39 is 7.44 Å². The lowest BCUT2D eigenvalue weighted by atomic mass is 10.1. The van der Waals surface area contributed by atoms with Crippen molar-refractivity contribution in [2.45, 2.75) is 0 Å². The molecule has 0 heterocycles. The summed E-state index contributed by atoms with van der Waals surface area (Å²) in [5, 5.41) is 2.89. The molecular formula is C22H27N2OP. The fourth-order valence-electron chi connectivity index (χ4n) is 3.13. The van der Waals surface area contributed by atoms with E-state index in [1.54, 1.807) is 24.3 Å². The monoisotopic (exact) mass is 366 g/mol. The molecule has 0 aliphatic rings. The number of rotatable bonds is 11. The Morgan fingerprint density at radius 2 is 1.19 bits per heavy atom. The van der Waals surface area contributed by atoms with E-state index in [4.69, 9.17) is 0 Å². The molecule has 26 heavy (non-hydrogen) atoms. The largest absolute Gasteiger partial charge is 0.283 e. The topological polar surface area (TPSA) is 23.6 Å². The molecule has 0 atom stereocenters. The molecule has 0 saturated heterocycles. The van der Waals surface area contributed by atoms with Crippen LogP contribution in [-0.2, 0) is 4.57 Å². The highest BCUT2D eigenvalue weighted by Gasteiger charge is 2.38. The van der Waals surface area contributed by atoms with Gasteiger partial charge in [0.2, 0.25) is 7.44 Å². The van der Waals surface area contributed by atoms with Crippen molar-refractivity contribution in [1.82, 2.24) is 9.34 Å². The molecule has 0 radical (unpaired) electrons. The van der Waals surface area contributed by atoms with E-state index in [1.807, 2.05) is 51.8 Å². The van der Waals surface area contributed by atoms with E-state index in [9.17, 15) is 4.57 Å². The molecule has 0 fully saturated rings. The van der Waals surface area contributed by atoms with Gasteiger partial charge in [-0.05, 0) is 16.8 Å². The van der Waals surface area contributed by atoms with Crippen molar-refractivity contribution >= 4 is 23.5 Å². The maximum absolute atomic E-state index is 14.6. The van der Waals surface area contributed by atoms with Gasteiger partial charge in [-0.25, -0.2) is 9.34 Å². The van der Waals surface area contributed by atoms with Gasteiger partial charge in [-0.15, -0.1) is 26.3 Å². The summed E-state index contributed by atoms with van der Waals surface area (Å²) in [6.07, 6.45) is 7.12. The number of nitrogens with zero attached hydrogens (tertiary/aromatic N) is 2. The average molecular weight is 366 g/mol. The third kappa shape index (κ3) is 3.96. The first-order valence-corrected chi connectivity index (χ1v) is 10.3. The maximum atomic E-state index is 14.6. The van der Waals surface area contributed by atoms with E-state index in [2.05, 4.69) is 26.3 Å². The Hall–Kier alpha value is -2.19. The zero-order chi connectivity index (χ0) is 19.0. The molecule has 0 saturated carbocycles. The zero-order valence-corrected chi connectivity index (χ0v) is 16.2. The van der Waals surface area contributed by atoms with E-state index in [-0.39, 0.29) is 0 Å². The van der Waals surface area contributed by atoms with Crippen molar-refractivity contribution in [3.63, 3.8) is 0 Å². The molecule has 0 aromatic heterocycles. The molecule has 2 rings (SSSR count). The van der Waals surface area contributed by atoms with Crippen LogP contribution in [-0.4, -0.2) is 35.5 Å². The Morgan fingerprint density at radius 1 is 0.731 bits per heavy atom. The summed E-state index contributed by atoms with van der Waals surface area (Å²) >= 11 is 0. The zero-order valence-electron chi connectivity index (χ0n) is 15.3. The number of hydrogen-bond acceptors (Lipinski definition) is 1. The van der Waals surface area contributed by atoms with Crippen LogP contribution in [0.2, 0.25) is 0 Å². The minimum atomic E-state index is -3.12. The second-order valence-electron chi connectivity index (χ2n) is 5.94. The van der Waals surface area contributed by atoms with Gasteiger partial charge in [0.25, 0.3) is 0 Å². The molecule has 0 unspecified atom stereocenters. The minimum Gasteiger partial charge on any atom is -0.283 e. The normalized spacial score (nSPS) is 11.6. The second-order valence-corrected chi connectivity index (χ2v) is 8.64. The van der Waals surface area contributed by atoms with Gasteiger partial charge in [0.15, 0.2) is 0 Å². The van der Waals surface area contributed by atoms with Crippen LogP contribution in [0.4, 0.5) is 0 Å². The van der Waals surface area contributed by atoms with Gasteiger partial charge in [0, 0.05) is 31.5 Å². The second kappa shape index (κ2) is 9.49. The van der Waals surface area contributed by atoms with Crippen LogP contribution in [0, 0.1) is 0 Å². The van der Waals surface area contributed by atoms with E-state index in [1.165, 1.54) is 0 Å². The van der Waals surface area contributed by atoms with Gasteiger partial charge in [0.1, 0.15) is 0 Å². The van der Waals surface area contributed by atoms with Crippen molar-refractivity contribution < 1.29 is 4.57 Å². The molecule has 0 amide bonds. The quantitative estimate of drug-likeness (QED) is 0.413. The van der Waals surface area contributed by atoms with Gasteiger partial charge in [-0.2, -0.15) is 0 Å². The van der Waals surface area contributed by atoms with Crippen LogP contribution in [0.25, 0.3) is 10.8 Å². The molecule has 2 aromatic rings. The lowest BCUT2D eigenvalue weighted by Crippen LogP contribution is -2.38. The SMILES string of the molecule is C=CCN(CC=C)P(=O)(c1cccc2ccccc12)N(CC=C)CC=C. The first-order chi connectivity index (χ1) is 12.6. The van der Waals surface area contributed by atoms with Gasteiger partial charge < -0.3 is 0 Å². The van der Waals surface area contributed by atoms with Crippen LogP contribution in [0.1, 0.15) is 0 Å². The average Bonchev–Trinajstić information content (AvgIpc) is 2.66. The lowest BCUT2D eigenvalue weighted by Gasteiger charge is -2.38. The van der Waals surface area contributed by atoms with Crippen molar-refractivity contribution in [3.8, 4) is 0 Å². The molecule has 0 spiro atoms. The van der Waals surface area contributed by atoms with Crippen molar-refractivity contribution in [1.29, 1.82) is 0 Å². The van der Waals surface area contributed by atoms with Crippen molar-refractivity contribution in [3.05, 3.63) is 93.1 Å². The molecule has 3 nitrogen and oxygen atoms in total. The smallest absolute Gasteiger partial charge is 0.247 e. The number of fused-ring (bicyclic) bond motifs is 1. The third-order valence-electron chi connectivity index (χ3n) is 4.21. The van der Waals surface area contributed by atoms with Crippen LogP contribution in [0.5, 0.6) is 0 Å². The maximum Gasteiger partial charge on any atom is 0.247 e. The predicted molar refractivity (Wildman–Crippen MR) is 115 cm³/mol. The van der Waals surface area contributed by atoms with Crippen LogP contribution >= 0.6 is 7.44 Å². The summed E-state index contributed by atoms with van der Waals surface area (Å²) in [7, 11) is -3.12. The Bertz CT molecular complexity index is 790. The molecule has 2 aromatic carbocycles. The van der Waals surface area contributed by atoms with Crippen molar-refractivity contribution in [2.75, 3.05) is 26.2 Å². The first kappa shape index (κ1) is 20.1. The Morgan fingerprint density at radius 3 is 1.69 bits per heavy atom. The number of benzene rings is 2. The highest BCUT2D eigenvalue weighted by atomic mass is 31.2. The molecule has 0 aliphatic carbocycles. The lowest BCUT2D eigenvalue weighted by molar-refractivity contribution is 0.400. The predicted octanol–water partition coefficient (Wildman–Crippen LogP) is 5.01. The van der Waals surface area contributed by atoms with E-state index in [0.717, 1.165) is 16.1 Å². The van der Waals surface area contributed by atoms with Crippen LogP contribution < -0.4 is 5.30 Å². The Balaban J connectivity index is 2.78. The molecular weight excluding hydrogens is 339 g/mol. The van der Waals surface area contributed by atoms with Crippen molar-refractivity contribution in [2.24, 2.45) is 0 Å². The molecule has 0 bridgehead atoms. The van der Waals surface area contributed by atoms with Crippen LogP contribution in [0.3, 0.4) is 0 Å². The standard InChI is InChI=1S/C22H27N2OP/c1-5-16-23(17-6-2)26(25,24(18-7-3)19-8-4)22-15-11-13-20-12-9-10-14-21(20)22/h5-15H,1-4,16-19H2. The first-order valence-electron chi connectivity index (χ1n) is 8.66. The summed E-state index contributed by atoms with van der Waals surface area (Å²) in [5.74, 6) is 0. The van der Waals surface area contributed by atoms with Crippen LogP contribution in [0.15, 0.2) is 93.1 Å². The fraction of sp³-hybridized carbons (Fsp3) is 0.182. The summed E-state index contributed by atoms with van der Waals surface area (Å²) < 4.78 is 18.5. The van der Waals surface area contributed by atoms with Gasteiger partial charge in [-0.3, -0.25) is 4.57 Å². The van der Waals surface area contributed by atoms with Gasteiger partial charge in [-0.1, -0.05) is 60.7 Å². The Labute approximate surface area is 157 Å². The molecule has 136 valence electrons. The third-order valence-corrected chi connectivity index (χ3v) is 7.41. The fourth-order valence-corrected chi connectivity index (χ4v) is 6.25. The minimum absolute atomic E-state index is 0.497. The van der Waals surface area contributed by atoms with Gasteiger partial charge >= 0.3 is 0 Å².